The van der Waals surface area contributed by atoms with Crippen molar-refractivity contribution in [2.24, 2.45) is 5.92 Å². The van der Waals surface area contributed by atoms with Gasteiger partial charge in [0.05, 0.1) is 4.90 Å². The Balaban J connectivity index is 1.63. The SMILES string of the molecule is CCN(CC)C(=O)c1cccc(NC(=O)C2CCN(S(=O)(=O)c3cccc(C(C)=O)c3)CC2)c1. The Labute approximate surface area is 201 Å². The molecule has 0 aliphatic carbocycles. The van der Waals surface area contributed by atoms with Crippen LogP contribution in [0.15, 0.2) is 53.4 Å². The molecule has 1 saturated heterocycles. The molecule has 0 saturated carbocycles. The molecule has 2 amide bonds. The van der Waals surface area contributed by atoms with E-state index in [1.165, 1.54) is 23.4 Å². The van der Waals surface area contributed by atoms with Gasteiger partial charge in [-0.3, -0.25) is 14.4 Å². The Bertz CT molecular complexity index is 1170. The van der Waals surface area contributed by atoms with Gasteiger partial charge in [0, 0.05) is 48.9 Å². The van der Waals surface area contributed by atoms with Crippen LogP contribution < -0.4 is 5.32 Å². The summed E-state index contributed by atoms with van der Waals surface area (Å²) >= 11 is 0. The standard InChI is InChI=1S/C25H31N3O5S/c1-4-27(5-2)25(31)21-9-6-10-22(16-21)26-24(30)19-12-14-28(15-13-19)34(32,33)23-11-7-8-20(17-23)18(3)29/h6-11,16-17,19H,4-5,12-15H2,1-3H3,(H,26,30). The van der Waals surface area contributed by atoms with E-state index < -0.39 is 10.0 Å². The largest absolute Gasteiger partial charge is 0.339 e. The number of hydrogen-bond donors (Lipinski definition) is 1. The average molecular weight is 486 g/mol. The van der Waals surface area contributed by atoms with Crippen LogP contribution >= 0.6 is 0 Å². The predicted octanol–water partition coefficient (Wildman–Crippen LogP) is 3.41. The van der Waals surface area contributed by atoms with Gasteiger partial charge in [-0.15, -0.1) is 0 Å². The highest BCUT2D eigenvalue weighted by Gasteiger charge is 2.32. The lowest BCUT2D eigenvalue weighted by molar-refractivity contribution is -0.120. The number of sulfonamides is 1. The van der Waals surface area contributed by atoms with E-state index in [1.807, 2.05) is 13.8 Å². The fourth-order valence-corrected chi connectivity index (χ4v) is 5.57. The summed E-state index contributed by atoms with van der Waals surface area (Å²) in [4.78, 5) is 38.8. The number of benzene rings is 2. The van der Waals surface area contributed by atoms with Crippen LogP contribution in [0.2, 0.25) is 0 Å². The van der Waals surface area contributed by atoms with Crippen molar-refractivity contribution in [3.8, 4) is 0 Å². The number of Topliss-reactive ketones (excluding diaryl/α,β-unsaturated/α-hetero) is 1. The minimum Gasteiger partial charge on any atom is -0.339 e. The van der Waals surface area contributed by atoms with E-state index in [4.69, 9.17) is 0 Å². The summed E-state index contributed by atoms with van der Waals surface area (Å²) in [7, 11) is -3.75. The van der Waals surface area contributed by atoms with Crippen molar-refractivity contribution in [1.29, 1.82) is 0 Å². The molecule has 9 heteroatoms. The summed E-state index contributed by atoms with van der Waals surface area (Å²) in [6.45, 7) is 6.86. The van der Waals surface area contributed by atoms with Gasteiger partial charge in [0.2, 0.25) is 15.9 Å². The minimum absolute atomic E-state index is 0.0813. The summed E-state index contributed by atoms with van der Waals surface area (Å²) in [5.41, 5.74) is 1.39. The van der Waals surface area contributed by atoms with E-state index >= 15 is 0 Å². The summed E-state index contributed by atoms with van der Waals surface area (Å²) < 4.78 is 27.4. The molecule has 0 spiro atoms. The van der Waals surface area contributed by atoms with E-state index in [-0.39, 0.29) is 41.5 Å². The maximum atomic E-state index is 13.0. The molecule has 3 rings (SSSR count). The molecule has 0 atom stereocenters. The first-order valence-corrected chi connectivity index (χ1v) is 12.9. The van der Waals surface area contributed by atoms with Crippen molar-refractivity contribution in [2.45, 2.75) is 38.5 Å². The third-order valence-corrected chi connectivity index (χ3v) is 8.03. The zero-order valence-electron chi connectivity index (χ0n) is 19.8. The third-order valence-electron chi connectivity index (χ3n) is 6.13. The molecule has 2 aromatic carbocycles. The average Bonchev–Trinajstić information content (AvgIpc) is 2.85. The number of hydrogen-bond acceptors (Lipinski definition) is 5. The quantitative estimate of drug-likeness (QED) is 0.577. The second-order valence-corrected chi connectivity index (χ2v) is 10.2. The number of amides is 2. The normalized spacial score (nSPS) is 15.0. The first kappa shape index (κ1) is 25.6. The van der Waals surface area contributed by atoms with E-state index in [9.17, 15) is 22.8 Å². The first-order chi connectivity index (χ1) is 16.2. The zero-order valence-corrected chi connectivity index (χ0v) is 20.6. The van der Waals surface area contributed by atoms with E-state index in [1.54, 1.807) is 41.3 Å². The highest BCUT2D eigenvalue weighted by Crippen LogP contribution is 2.26. The lowest BCUT2D eigenvalue weighted by Gasteiger charge is -2.30. The zero-order chi connectivity index (χ0) is 24.9. The topological polar surface area (TPSA) is 104 Å². The van der Waals surface area contributed by atoms with Crippen molar-refractivity contribution in [2.75, 3.05) is 31.5 Å². The molecule has 1 heterocycles. The summed E-state index contributed by atoms with van der Waals surface area (Å²) in [5.74, 6) is -0.816. The number of piperidine rings is 1. The molecule has 1 N–H and O–H groups in total. The van der Waals surface area contributed by atoms with Crippen LogP contribution in [0.5, 0.6) is 0 Å². The smallest absolute Gasteiger partial charge is 0.253 e. The predicted molar refractivity (Wildman–Crippen MR) is 130 cm³/mol. The first-order valence-electron chi connectivity index (χ1n) is 11.5. The molecule has 0 unspecified atom stereocenters. The van der Waals surface area contributed by atoms with Crippen LogP contribution in [0.1, 0.15) is 54.3 Å². The lowest BCUT2D eigenvalue weighted by atomic mass is 9.97. The molecule has 1 aliphatic heterocycles. The molecular formula is C25H31N3O5S. The fraction of sp³-hybridized carbons (Fsp3) is 0.400. The second-order valence-electron chi connectivity index (χ2n) is 8.31. The van der Waals surface area contributed by atoms with Crippen molar-refractivity contribution in [3.63, 3.8) is 0 Å². The Kier molecular flexibility index (Phi) is 8.22. The van der Waals surface area contributed by atoms with Gasteiger partial charge in [-0.2, -0.15) is 4.31 Å². The summed E-state index contributed by atoms with van der Waals surface area (Å²) in [6, 6.07) is 12.9. The van der Waals surface area contributed by atoms with Gasteiger partial charge in [0.25, 0.3) is 5.91 Å². The molecule has 8 nitrogen and oxygen atoms in total. The molecule has 0 radical (unpaired) electrons. The van der Waals surface area contributed by atoms with E-state index in [0.717, 1.165) is 0 Å². The minimum atomic E-state index is -3.75. The van der Waals surface area contributed by atoms with Crippen LogP contribution in [0, 0.1) is 5.92 Å². The maximum absolute atomic E-state index is 13.0. The van der Waals surface area contributed by atoms with E-state index in [0.29, 0.717) is 42.7 Å². The highest BCUT2D eigenvalue weighted by atomic mass is 32.2. The van der Waals surface area contributed by atoms with Crippen LogP contribution in [0.4, 0.5) is 5.69 Å². The molecule has 0 bridgehead atoms. The van der Waals surface area contributed by atoms with Gasteiger partial charge in [0.15, 0.2) is 5.78 Å². The van der Waals surface area contributed by atoms with Gasteiger partial charge in [-0.25, -0.2) is 8.42 Å². The second kappa shape index (κ2) is 10.9. The third kappa shape index (κ3) is 5.71. The number of ketones is 1. The van der Waals surface area contributed by atoms with Gasteiger partial charge < -0.3 is 10.2 Å². The molecule has 1 aliphatic rings. The van der Waals surface area contributed by atoms with Crippen LogP contribution in [-0.2, 0) is 14.8 Å². The van der Waals surface area contributed by atoms with Crippen LogP contribution in [0.25, 0.3) is 0 Å². The Hall–Kier alpha value is -3.04. The molecule has 182 valence electrons. The molecule has 2 aromatic rings. The lowest BCUT2D eigenvalue weighted by Crippen LogP contribution is -2.41. The molecule has 1 fully saturated rings. The monoisotopic (exact) mass is 485 g/mol. The van der Waals surface area contributed by atoms with Gasteiger partial charge in [0.1, 0.15) is 0 Å². The van der Waals surface area contributed by atoms with Crippen molar-refractivity contribution >= 4 is 33.3 Å². The van der Waals surface area contributed by atoms with Crippen LogP contribution in [-0.4, -0.2) is 61.4 Å². The fourth-order valence-electron chi connectivity index (χ4n) is 4.05. The molecule has 0 aromatic heterocycles. The number of carbonyl (C=O) groups is 3. The maximum Gasteiger partial charge on any atom is 0.253 e. The van der Waals surface area contributed by atoms with Gasteiger partial charge >= 0.3 is 0 Å². The highest BCUT2D eigenvalue weighted by molar-refractivity contribution is 7.89. The Morgan fingerprint density at radius 3 is 2.21 bits per heavy atom. The van der Waals surface area contributed by atoms with Crippen LogP contribution in [0.3, 0.4) is 0 Å². The number of nitrogens with zero attached hydrogens (tertiary/aromatic N) is 2. The van der Waals surface area contributed by atoms with Gasteiger partial charge in [-0.05, 0) is 63.9 Å². The number of carbonyl (C=O) groups excluding carboxylic acids is 3. The van der Waals surface area contributed by atoms with Crippen molar-refractivity contribution < 1.29 is 22.8 Å². The number of rotatable bonds is 8. The Morgan fingerprint density at radius 2 is 1.59 bits per heavy atom. The molecular weight excluding hydrogens is 454 g/mol. The van der Waals surface area contributed by atoms with Gasteiger partial charge in [-0.1, -0.05) is 18.2 Å². The van der Waals surface area contributed by atoms with Crippen molar-refractivity contribution in [3.05, 3.63) is 59.7 Å². The summed E-state index contributed by atoms with van der Waals surface area (Å²) in [5, 5.41) is 2.87. The Morgan fingerprint density at radius 1 is 0.971 bits per heavy atom. The number of nitrogens with one attached hydrogen (secondary N) is 1. The number of anilines is 1. The van der Waals surface area contributed by atoms with Crippen molar-refractivity contribution in [1.82, 2.24) is 9.21 Å². The van der Waals surface area contributed by atoms with E-state index in [2.05, 4.69) is 5.32 Å². The molecule has 34 heavy (non-hydrogen) atoms. The summed E-state index contributed by atoms with van der Waals surface area (Å²) in [6.07, 6.45) is 0.769.